The molecule has 0 saturated carbocycles. The number of piperidine rings is 1. The molecular formula is C34H43N3O3. The summed E-state index contributed by atoms with van der Waals surface area (Å²) in [7, 11) is 0. The molecule has 6 nitrogen and oxygen atoms in total. The van der Waals surface area contributed by atoms with Gasteiger partial charge in [-0.15, -0.1) is 0 Å². The topological polar surface area (TPSA) is 78.5 Å². The van der Waals surface area contributed by atoms with Crippen LogP contribution in [0.3, 0.4) is 0 Å². The van der Waals surface area contributed by atoms with Gasteiger partial charge in [0.2, 0.25) is 11.8 Å². The number of benzene rings is 1. The SMILES string of the molecule is C=C1CCC(N2Cc3c(NC(=O)CCC/C=C\C/C=C\C/C=C\C/C=C\C/C=C\CC)cccc3C2=O)C(=O)N1. The monoisotopic (exact) mass is 541 g/mol. The van der Waals surface area contributed by atoms with Crippen molar-refractivity contribution in [2.24, 2.45) is 0 Å². The lowest BCUT2D eigenvalue weighted by atomic mass is 10.0. The largest absolute Gasteiger partial charge is 0.329 e. The molecule has 0 aliphatic carbocycles. The van der Waals surface area contributed by atoms with Crippen molar-refractivity contribution < 1.29 is 14.4 Å². The molecule has 0 spiro atoms. The molecule has 0 radical (unpaired) electrons. The van der Waals surface area contributed by atoms with Gasteiger partial charge < -0.3 is 15.5 Å². The fourth-order valence-corrected chi connectivity index (χ4v) is 4.74. The molecule has 1 aromatic rings. The highest BCUT2D eigenvalue weighted by molar-refractivity contribution is 6.04. The van der Waals surface area contributed by atoms with Crippen LogP contribution in [0.1, 0.15) is 87.1 Å². The summed E-state index contributed by atoms with van der Waals surface area (Å²) in [5.41, 5.74) is 2.65. The van der Waals surface area contributed by atoms with Gasteiger partial charge in [-0.05, 0) is 69.9 Å². The lowest BCUT2D eigenvalue weighted by molar-refractivity contribution is -0.126. The summed E-state index contributed by atoms with van der Waals surface area (Å²) in [6.45, 7) is 6.27. The molecule has 2 heterocycles. The summed E-state index contributed by atoms with van der Waals surface area (Å²) in [4.78, 5) is 39.6. The first-order valence-electron chi connectivity index (χ1n) is 14.5. The third-order valence-electron chi connectivity index (χ3n) is 6.90. The lowest BCUT2D eigenvalue weighted by Crippen LogP contribution is -2.49. The molecule has 1 saturated heterocycles. The Morgan fingerprint density at radius 2 is 1.60 bits per heavy atom. The van der Waals surface area contributed by atoms with Crippen LogP contribution < -0.4 is 10.6 Å². The highest BCUT2D eigenvalue weighted by atomic mass is 16.2. The van der Waals surface area contributed by atoms with Gasteiger partial charge in [-0.2, -0.15) is 0 Å². The van der Waals surface area contributed by atoms with Crippen molar-refractivity contribution in [1.82, 2.24) is 10.2 Å². The standard InChI is InChI=1S/C34H43N3O3/c1-3-4-5-6-7-8-9-10-11-12-13-14-15-16-17-18-19-23-32(38)36-30-22-20-21-28-29(30)26-37(34(28)40)31-25-24-27(2)35-33(31)39/h4-5,7-8,10-11,13-14,16-17,20-22,31H,2-3,6,9,12,15,18-19,23-26H2,1H3,(H,35,39)(H,36,38)/b5-4-,8-7-,11-10-,14-13-,17-16-. The maximum atomic E-state index is 13.0. The second kappa shape index (κ2) is 16.9. The fourth-order valence-electron chi connectivity index (χ4n) is 4.74. The van der Waals surface area contributed by atoms with Crippen molar-refractivity contribution in [3.63, 3.8) is 0 Å². The second-order valence-electron chi connectivity index (χ2n) is 10.1. The molecule has 0 aromatic heterocycles. The number of nitrogens with one attached hydrogen (secondary N) is 2. The Hall–Kier alpha value is -3.93. The number of amides is 3. The molecule has 2 aliphatic heterocycles. The summed E-state index contributed by atoms with van der Waals surface area (Å²) in [6.07, 6.45) is 29.8. The Kier molecular flexibility index (Phi) is 12.9. The number of carbonyl (C=O) groups excluding carboxylic acids is 3. The van der Waals surface area contributed by atoms with Gasteiger partial charge in [0.25, 0.3) is 5.91 Å². The van der Waals surface area contributed by atoms with E-state index in [1.54, 1.807) is 17.0 Å². The van der Waals surface area contributed by atoms with Crippen molar-refractivity contribution in [3.05, 3.63) is 102 Å². The van der Waals surface area contributed by atoms with Crippen molar-refractivity contribution in [1.29, 1.82) is 0 Å². The summed E-state index contributed by atoms with van der Waals surface area (Å²) in [5, 5.41) is 5.73. The summed E-state index contributed by atoms with van der Waals surface area (Å²) in [5.74, 6) is -0.437. The lowest BCUT2D eigenvalue weighted by Gasteiger charge is -2.31. The Morgan fingerprint density at radius 1 is 0.975 bits per heavy atom. The minimum Gasteiger partial charge on any atom is -0.329 e. The van der Waals surface area contributed by atoms with Gasteiger partial charge in [0, 0.05) is 35.5 Å². The minimum atomic E-state index is -0.516. The number of allylic oxidation sites excluding steroid dienone is 11. The average molecular weight is 542 g/mol. The molecule has 1 unspecified atom stereocenters. The molecule has 1 fully saturated rings. The fraction of sp³-hybridized carbons (Fsp3) is 0.382. The van der Waals surface area contributed by atoms with Crippen LogP contribution in [0, 0.1) is 0 Å². The number of nitrogens with zero attached hydrogens (tertiary/aromatic N) is 1. The number of hydrogen-bond donors (Lipinski definition) is 2. The van der Waals surface area contributed by atoms with Crippen molar-refractivity contribution in [2.45, 2.75) is 83.7 Å². The Balaban J connectivity index is 1.32. The average Bonchev–Trinajstić information content (AvgIpc) is 3.27. The predicted octanol–water partition coefficient (Wildman–Crippen LogP) is 7.29. The molecule has 1 atom stereocenters. The smallest absolute Gasteiger partial charge is 0.255 e. The highest BCUT2D eigenvalue weighted by Crippen LogP contribution is 2.32. The first-order valence-corrected chi connectivity index (χ1v) is 14.5. The number of fused-ring (bicyclic) bond motifs is 1. The number of carbonyl (C=O) groups is 3. The molecule has 3 amide bonds. The van der Waals surface area contributed by atoms with Gasteiger partial charge >= 0.3 is 0 Å². The normalized spacial score (nSPS) is 17.8. The van der Waals surface area contributed by atoms with E-state index in [-0.39, 0.29) is 17.7 Å². The zero-order chi connectivity index (χ0) is 28.6. The van der Waals surface area contributed by atoms with E-state index in [1.165, 1.54) is 0 Å². The van der Waals surface area contributed by atoms with E-state index in [0.717, 1.165) is 50.5 Å². The highest BCUT2D eigenvalue weighted by Gasteiger charge is 2.39. The van der Waals surface area contributed by atoms with Crippen LogP contribution in [0.25, 0.3) is 0 Å². The molecular weight excluding hydrogens is 498 g/mol. The van der Waals surface area contributed by atoms with Crippen LogP contribution >= 0.6 is 0 Å². The van der Waals surface area contributed by atoms with Crippen LogP contribution in [0.4, 0.5) is 5.69 Å². The van der Waals surface area contributed by atoms with Crippen molar-refractivity contribution in [3.8, 4) is 0 Å². The zero-order valence-electron chi connectivity index (χ0n) is 23.7. The van der Waals surface area contributed by atoms with E-state index in [9.17, 15) is 14.4 Å². The molecule has 212 valence electrons. The van der Waals surface area contributed by atoms with E-state index in [0.29, 0.717) is 42.8 Å². The summed E-state index contributed by atoms with van der Waals surface area (Å²) in [6, 6.07) is 4.84. The number of anilines is 1. The Morgan fingerprint density at radius 3 is 2.23 bits per heavy atom. The quantitative estimate of drug-likeness (QED) is 0.181. The van der Waals surface area contributed by atoms with Crippen LogP contribution in [0.15, 0.2) is 91.2 Å². The molecule has 0 bridgehead atoms. The van der Waals surface area contributed by atoms with Crippen molar-refractivity contribution >= 4 is 23.4 Å². The van der Waals surface area contributed by atoms with Gasteiger partial charge in [0.1, 0.15) is 6.04 Å². The maximum absolute atomic E-state index is 13.0. The predicted molar refractivity (Wildman–Crippen MR) is 164 cm³/mol. The van der Waals surface area contributed by atoms with Crippen LogP contribution in [-0.4, -0.2) is 28.7 Å². The Bertz CT molecular complexity index is 1190. The molecule has 1 aromatic carbocycles. The summed E-state index contributed by atoms with van der Waals surface area (Å²) < 4.78 is 0. The minimum absolute atomic E-state index is 0.0710. The van der Waals surface area contributed by atoms with E-state index >= 15 is 0 Å². The number of unbranched alkanes of at least 4 members (excludes halogenated alkanes) is 1. The number of rotatable bonds is 15. The van der Waals surface area contributed by atoms with Gasteiger partial charge in [0.15, 0.2) is 0 Å². The van der Waals surface area contributed by atoms with Gasteiger partial charge in [-0.3, -0.25) is 14.4 Å². The first kappa shape index (κ1) is 30.6. The molecule has 40 heavy (non-hydrogen) atoms. The van der Waals surface area contributed by atoms with Gasteiger partial charge in [-0.1, -0.05) is 80.3 Å². The van der Waals surface area contributed by atoms with Gasteiger partial charge in [-0.25, -0.2) is 0 Å². The number of hydrogen-bond acceptors (Lipinski definition) is 3. The van der Waals surface area contributed by atoms with Crippen LogP contribution in [-0.2, 0) is 16.1 Å². The molecule has 6 heteroatoms. The first-order chi connectivity index (χ1) is 19.5. The van der Waals surface area contributed by atoms with Crippen molar-refractivity contribution in [2.75, 3.05) is 5.32 Å². The third kappa shape index (κ3) is 9.67. The molecule has 2 N–H and O–H groups in total. The van der Waals surface area contributed by atoms with Crippen LogP contribution in [0.2, 0.25) is 0 Å². The summed E-state index contributed by atoms with van der Waals surface area (Å²) >= 11 is 0. The van der Waals surface area contributed by atoms with E-state index < -0.39 is 6.04 Å². The second-order valence-corrected chi connectivity index (χ2v) is 10.1. The zero-order valence-corrected chi connectivity index (χ0v) is 23.7. The van der Waals surface area contributed by atoms with E-state index in [1.807, 2.05) is 6.07 Å². The Labute approximate surface area is 239 Å². The van der Waals surface area contributed by atoms with E-state index in [4.69, 9.17) is 0 Å². The van der Waals surface area contributed by atoms with Gasteiger partial charge in [0.05, 0.1) is 0 Å². The maximum Gasteiger partial charge on any atom is 0.255 e. The van der Waals surface area contributed by atoms with E-state index in [2.05, 4.69) is 84.9 Å². The molecule has 3 rings (SSSR count). The van der Waals surface area contributed by atoms with Crippen LogP contribution in [0.5, 0.6) is 0 Å². The molecule has 2 aliphatic rings. The third-order valence-corrected chi connectivity index (χ3v) is 6.90.